The van der Waals surface area contributed by atoms with Gasteiger partial charge in [0, 0.05) is 24.5 Å². The summed E-state index contributed by atoms with van der Waals surface area (Å²) in [6.07, 6.45) is 0.991. The summed E-state index contributed by atoms with van der Waals surface area (Å²) in [5.41, 5.74) is 1.75. The number of nitrogens with one attached hydrogen (secondary N) is 2. The third kappa shape index (κ3) is 6.15. The van der Waals surface area contributed by atoms with Crippen molar-refractivity contribution in [2.24, 2.45) is 0 Å². The molecule has 3 aromatic rings. The van der Waals surface area contributed by atoms with E-state index in [-0.39, 0.29) is 35.8 Å². The van der Waals surface area contributed by atoms with E-state index in [1.165, 1.54) is 12.1 Å². The molecule has 1 fully saturated rings. The number of fused-ring (bicyclic) bond motifs is 1. The molecule has 1 amide bonds. The van der Waals surface area contributed by atoms with Crippen molar-refractivity contribution in [3.05, 3.63) is 48.4 Å². The second-order valence-corrected chi connectivity index (χ2v) is 9.40. The number of carbonyl (C=O) groups is 1. The number of halogens is 1. The van der Waals surface area contributed by atoms with Gasteiger partial charge in [0.1, 0.15) is 12.5 Å². The van der Waals surface area contributed by atoms with Gasteiger partial charge in [-0.05, 0) is 36.4 Å². The Hall–Kier alpha value is -3.88. The van der Waals surface area contributed by atoms with E-state index in [1.54, 1.807) is 0 Å². The van der Waals surface area contributed by atoms with Gasteiger partial charge < -0.3 is 34.8 Å². The normalized spacial score (nSPS) is 15.6. The number of carbonyl (C=O) groups excluding carboxylic acids is 1. The Bertz CT molecular complexity index is 1370. The summed E-state index contributed by atoms with van der Waals surface area (Å²) >= 11 is 0. The topological polar surface area (TPSA) is 171 Å². The molecule has 5 rings (SSSR count). The summed E-state index contributed by atoms with van der Waals surface area (Å²) in [5, 5.41) is 5.75. The molecule has 1 saturated heterocycles. The number of nitrogens with zero attached hydrogens (tertiary/aromatic N) is 5. The van der Waals surface area contributed by atoms with Gasteiger partial charge in [-0.25, -0.2) is 18.9 Å². The highest BCUT2D eigenvalue weighted by Gasteiger charge is 2.30. The third-order valence-corrected chi connectivity index (χ3v) is 6.04. The summed E-state index contributed by atoms with van der Waals surface area (Å²) in [5.74, 6) is -1.26. The number of phosphoric ester groups is 1. The minimum absolute atomic E-state index is 0.0622. The number of aromatic nitrogens is 3. The maximum atomic E-state index is 14.5. The Labute approximate surface area is 215 Å². The molecule has 0 aliphatic carbocycles. The molecule has 0 unspecified atom stereocenters. The van der Waals surface area contributed by atoms with Crippen LogP contribution >= 0.6 is 7.82 Å². The molecule has 0 atom stereocenters. The Balaban J connectivity index is 1.31. The van der Waals surface area contributed by atoms with Gasteiger partial charge in [-0.3, -0.25) is 14.2 Å². The van der Waals surface area contributed by atoms with Crippen LogP contribution in [0.1, 0.15) is 0 Å². The number of ether oxygens (including phenoxy) is 2. The van der Waals surface area contributed by atoms with Gasteiger partial charge in [-0.2, -0.15) is 4.98 Å². The molecule has 0 radical (unpaired) electrons. The smallest absolute Gasteiger partial charge is 0.471 e. The van der Waals surface area contributed by atoms with Gasteiger partial charge in [0.25, 0.3) is 5.91 Å². The van der Waals surface area contributed by atoms with Gasteiger partial charge in [0.05, 0.1) is 19.4 Å². The van der Waals surface area contributed by atoms with Gasteiger partial charge in [-0.15, -0.1) is 0 Å². The van der Waals surface area contributed by atoms with E-state index in [4.69, 9.17) is 19.3 Å². The van der Waals surface area contributed by atoms with Gasteiger partial charge >= 0.3 is 7.82 Å². The van der Waals surface area contributed by atoms with E-state index < -0.39 is 26.3 Å². The average molecular weight is 547 g/mol. The molecule has 14 nitrogen and oxygen atoms in total. The Morgan fingerprint density at radius 2 is 1.84 bits per heavy atom. The van der Waals surface area contributed by atoms with E-state index in [9.17, 15) is 13.8 Å². The summed E-state index contributed by atoms with van der Waals surface area (Å²) in [6, 6.07) is 10.6. The molecule has 200 valence electrons. The number of hydrogen-bond acceptors (Lipinski definition) is 11. The molecule has 4 N–H and O–H groups in total. The van der Waals surface area contributed by atoms with Crippen molar-refractivity contribution in [2.45, 2.75) is 0 Å². The minimum Gasteiger partial charge on any atom is -0.480 e. The van der Waals surface area contributed by atoms with Crippen LogP contribution in [-0.2, 0) is 18.6 Å². The summed E-state index contributed by atoms with van der Waals surface area (Å²) in [7, 11) is -4.85. The predicted molar refractivity (Wildman–Crippen MR) is 133 cm³/mol. The first-order valence-corrected chi connectivity index (χ1v) is 12.9. The van der Waals surface area contributed by atoms with Crippen molar-refractivity contribution in [3.8, 4) is 5.75 Å². The molecular formula is C22H23FN7O7P. The van der Waals surface area contributed by atoms with Crippen LogP contribution in [0.3, 0.4) is 0 Å². The molecule has 2 aromatic heterocycles. The second kappa shape index (κ2) is 10.8. The molecule has 1 aromatic carbocycles. The quantitative estimate of drug-likeness (QED) is 0.303. The highest BCUT2D eigenvalue weighted by atomic mass is 31.2. The molecular weight excluding hydrogens is 524 g/mol. The number of benzene rings is 1. The number of amides is 1. The first-order chi connectivity index (χ1) is 18.2. The maximum absolute atomic E-state index is 14.5. The van der Waals surface area contributed by atoms with Crippen LogP contribution in [0.2, 0.25) is 0 Å². The zero-order valence-corrected chi connectivity index (χ0v) is 20.7. The van der Waals surface area contributed by atoms with Crippen molar-refractivity contribution in [3.63, 3.8) is 0 Å². The van der Waals surface area contributed by atoms with Crippen molar-refractivity contribution < 1.29 is 37.5 Å². The van der Waals surface area contributed by atoms with Crippen LogP contribution in [0, 0.1) is 5.82 Å². The number of rotatable bonds is 8. The Morgan fingerprint density at radius 3 is 2.58 bits per heavy atom. The van der Waals surface area contributed by atoms with Gasteiger partial charge in [0.15, 0.2) is 29.8 Å². The highest BCUT2D eigenvalue weighted by molar-refractivity contribution is 7.46. The first-order valence-electron chi connectivity index (χ1n) is 11.4. The monoisotopic (exact) mass is 547 g/mol. The summed E-state index contributed by atoms with van der Waals surface area (Å²) in [6.45, 7) is 1.87. The molecule has 0 spiro atoms. The predicted octanol–water partition coefficient (Wildman–Crippen LogP) is 2.13. The largest absolute Gasteiger partial charge is 0.480 e. The van der Waals surface area contributed by atoms with E-state index in [0.29, 0.717) is 18.9 Å². The fourth-order valence-electron chi connectivity index (χ4n) is 3.76. The second-order valence-electron chi connectivity index (χ2n) is 8.16. The summed E-state index contributed by atoms with van der Waals surface area (Å²) < 4.78 is 40.8. The molecule has 38 heavy (non-hydrogen) atoms. The maximum Gasteiger partial charge on any atom is 0.471 e. The fraction of sp³-hybridized carbons (Fsp3) is 0.273. The van der Waals surface area contributed by atoms with Crippen LogP contribution in [-0.4, -0.2) is 70.3 Å². The lowest BCUT2D eigenvalue weighted by Gasteiger charge is -2.28. The standard InChI is InChI=1S/C22H23FN7O7P/c23-16-11-24-22(25-14-1-3-15(4-2-14)29-7-9-35-10-8-29)28-20(16)26-18-6-5-17-21(27-18)30(19(31)12-36-17)13-37-38(32,33)34/h1-6,11H,7-10,12-13H2,(H2,32,33,34)(H2,24,25,26,27,28). The Morgan fingerprint density at radius 1 is 1.08 bits per heavy atom. The molecule has 2 aliphatic heterocycles. The Kier molecular flexibility index (Phi) is 7.35. The molecule has 2 aliphatic rings. The van der Waals surface area contributed by atoms with Crippen molar-refractivity contribution >= 4 is 48.5 Å². The number of pyridine rings is 1. The lowest BCUT2D eigenvalue weighted by Crippen LogP contribution is -2.40. The van der Waals surface area contributed by atoms with Crippen LogP contribution in [0.15, 0.2) is 42.6 Å². The van der Waals surface area contributed by atoms with Crippen LogP contribution in [0.5, 0.6) is 5.75 Å². The molecule has 16 heteroatoms. The number of anilines is 6. The molecule has 4 heterocycles. The van der Waals surface area contributed by atoms with E-state index in [1.807, 2.05) is 24.3 Å². The number of phosphoric acid groups is 1. The fourth-order valence-corrected chi connectivity index (χ4v) is 4.02. The van der Waals surface area contributed by atoms with Crippen molar-refractivity contribution in [2.75, 3.05) is 60.1 Å². The zero-order valence-electron chi connectivity index (χ0n) is 19.8. The number of hydrogen-bond donors (Lipinski definition) is 4. The average Bonchev–Trinajstić information content (AvgIpc) is 2.90. The minimum atomic E-state index is -4.85. The van der Waals surface area contributed by atoms with Crippen molar-refractivity contribution in [1.29, 1.82) is 0 Å². The van der Waals surface area contributed by atoms with Gasteiger partial charge in [-0.1, -0.05) is 0 Å². The van der Waals surface area contributed by atoms with Crippen LogP contribution < -0.4 is 25.2 Å². The van der Waals surface area contributed by atoms with Crippen LogP contribution in [0.25, 0.3) is 0 Å². The van der Waals surface area contributed by atoms with Crippen LogP contribution in [0.4, 0.5) is 39.2 Å². The number of morpholine rings is 1. The molecule has 0 saturated carbocycles. The lowest BCUT2D eigenvalue weighted by atomic mass is 10.2. The third-order valence-electron chi connectivity index (χ3n) is 5.59. The highest BCUT2D eigenvalue weighted by Crippen LogP contribution is 2.38. The molecule has 0 bridgehead atoms. The zero-order chi connectivity index (χ0) is 26.7. The van der Waals surface area contributed by atoms with E-state index >= 15 is 0 Å². The SMILES string of the molecule is O=C1COc2ccc(Nc3nc(Nc4ccc(N5CCOCC5)cc4)ncc3F)nc2N1COP(=O)(O)O. The summed E-state index contributed by atoms with van der Waals surface area (Å²) in [4.78, 5) is 45.7. The van der Waals surface area contributed by atoms with Crippen molar-refractivity contribution in [1.82, 2.24) is 15.0 Å². The first kappa shape index (κ1) is 25.8. The lowest BCUT2D eigenvalue weighted by molar-refractivity contribution is -0.122. The van der Waals surface area contributed by atoms with Gasteiger partial charge in [0.2, 0.25) is 5.95 Å². The van der Waals surface area contributed by atoms with E-state index in [0.717, 1.165) is 29.9 Å². The van der Waals surface area contributed by atoms with E-state index in [2.05, 4.69) is 35.0 Å².